The second-order valence-corrected chi connectivity index (χ2v) is 2.51. The molecule has 0 aliphatic heterocycles. The zero-order chi connectivity index (χ0) is 10.6. The van der Waals surface area contributed by atoms with Crippen LogP contribution in [0.4, 0.5) is 5.95 Å². The predicted molar refractivity (Wildman–Crippen MR) is 46.9 cm³/mol. The number of aromatic amines is 1. The first kappa shape index (κ1) is 9.96. The van der Waals surface area contributed by atoms with Crippen molar-refractivity contribution < 1.29 is 9.59 Å². The molecule has 0 atom stereocenters. The van der Waals surface area contributed by atoms with E-state index in [0.717, 1.165) is 0 Å². The number of rotatable bonds is 4. The highest BCUT2D eigenvalue weighted by Gasteiger charge is 2.09. The lowest BCUT2D eigenvalue weighted by Gasteiger charge is -1.99. The fourth-order valence-electron chi connectivity index (χ4n) is 0.759. The van der Waals surface area contributed by atoms with Crippen molar-refractivity contribution in [1.29, 1.82) is 0 Å². The van der Waals surface area contributed by atoms with Gasteiger partial charge in [-0.25, -0.2) is 0 Å². The van der Waals surface area contributed by atoms with Crippen LogP contribution in [0.5, 0.6) is 0 Å². The molecule has 0 unspecified atom stereocenters. The Hall–Kier alpha value is -2.12. The van der Waals surface area contributed by atoms with Crippen molar-refractivity contribution in [1.82, 2.24) is 20.5 Å². The first-order chi connectivity index (χ1) is 6.59. The lowest BCUT2D eigenvalue weighted by molar-refractivity contribution is -0.117. The van der Waals surface area contributed by atoms with E-state index in [-0.39, 0.29) is 24.7 Å². The number of nitrogens with zero attached hydrogens (tertiary/aromatic N) is 2. The fraction of sp³-hybridized carbons (Fsp3) is 0.333. The van der Waals surface area contributed by atoms with Crippen LogP contribution >= 0.6 is 0 Å². The third-order valence-electron chi connectivity index (χ3n) is 1.37. The van der Waals surface area contributed by atoms with E-state index in [2.05, 4.69) is 20.5 Å². The molecule has 0 aromatic carbocycles. The molecular weight excluding hydrogens is 188 g/mol. The highest BCUT2D eigenvalue weighted by molar-refractivity contribution is 5.90. The number of amides is 2. The minimum Gasteiger partial charge on any atom is -0.370 e. The van der Waals surface area contributed by atoms with Gasteiger partial charge >= 0.3 is 0 Å². The molecule has 8 heteroatoms. The number of aromatic nitrogens is 3. The summed E-state index contributed by atoms with van der Waals surface area (Å²) in [5.41, 5.74) is 10.1. The molecule has 0 aliphatic carbocycles. The molecule has 6 N–H and O–H groups in total. The quantitative estimate of drug-likeness (QED) is 0.442. The Kier molecular flexibility index (Phi) is 3.00. The standard InChI is InChI=1S/C6H10N6O2/c7-3(13)1-2-9-5(14)4-10-6(8)12-11-4/h1-2H2,(H2,7,13)(H,9,14)(H3,8,10,11,12). The zero-order valence-electron chi connectivity index (χ0n) is 7.28. The third-order valence-corrected chi connectivity index (χ3v) is 1.37. The van der Waals surface area contributed by atoms with E-state index in [9.17, 15) is 9.59 Å². The van der Waals surface area contributed by atoms with Crippen LogP contribution in [-0.4, -0.2) is 33.5 Å². The number of primary amides is 1. The van der Waals surface area contributed by atoms with Crippen molar-refractivity contribution in [2.45, 2.75) is 6.42 Å². The molecule has 2 amide bonds. The zero-order valence-corrected chi connectivity index (χ0v) is 7.28. The summed E-state index contributed by atoms with van der Waals surface area (Å²) in [5, 5.41) is 8.21. The van der Waals surface area contributed by atoms with E-state index in [0.29, 0.717) is 0 Å². The van der Waals surface area contributed by atoms with Crippen molar-refractivity contribution >= 4 is 17.8 Å². The second kappa shape index (κ2) is 4.21. The number of carbonyl (C=O) groups is 2. The summed E-state index contributed by atoms with van der Waals surface area (Å²) in [6.07, 6.45) is 0.0787. The third kappa shape index (κ3) is 2.73. The van der Waals surface area contributed by atoms with Crippen LogP contribution in [0.25, 0.3) is 0 Å². The summed E-state index contributed by atoms with van der Waals surface area (Å²) < 4.78 is 0. The average molecular weight is 198 g/mol. The van der Waals surface area contributed by atoms with Gasteiger partial charge in [-0.15, -0.1) is 5.10 Å². The normalized spacial score (nSPS) is 9.71. The fourth-order valence-corrected chi connectivity index (χ4v) is 0.759. The predicted octanol–water partition coefficient (Wildman–Crippen LogP) is -2.01. The Morgan fingerprint density at radius 1 is 1.50 bits per heavy atom. The van der Waals surface area contributed by atoms with Crippen molar-refractivity contribution in [2.24, 2.45) is 5.73 Å². The van der Waals surface area contributed by atoms with Gasteiger partial charge in [0.05, 0.1) is 0 Å². The van der Waals surface area contributed by atoms with E-state index < -0.39 is 11.8 Å². The van der Waals surface area contributed by atoms with Gasteiger partial charge in [0.15, 0.2) is 0 Å². The Bertz CT molecular complexity index is 346. The molecule has 0 saturated heterocycles. The summed E-state index contributed by atoms with van der Waals surface area (Å²) in [6.45, 7) is 0.161. The van der Waals surface area contributed by atoms with Gasteiger partial charge in [0.25, 0.3) is 5.91 Å². The van der Waals surface area contributed by atoms with Gasteiger partial charge < -0.3 is 16.8 Å². The maximum absolute atomic E-state index is 11.2. The van der Waals surface area contributed by atoms with Gasteiger partial charge in [-0.1, -0.05) is 0 Å². The molecule has 0 aliphatic rings. The topological polar surface area (TPSA) is 140 Å². The molecule has 14 heavy (non-hydrogen) atoms. The molecule has 0 spiro atoms. The summed E-state index contributed by atoms with van der Waals surface area (Å²) >= 11 is 0. The second-order valence-electron chi connectivity index (χ2n) is 2.51. The minimum atomic E-state index is -0.484. The maximum atomic E-state index is 11.2. The van der Waals surface area contributed by atoms with Crippen LogP contribution in [0.3, 0.4) is 0 Å². The highest BCUT2D eigenvalue weighted by Crippen LogP contribution is 1.92. The van der Waals surface area contributed by atoms with E-state index in [1.807, 2.05) is 0 Å². The number of carbonyl (C=O) groups excluding carboxylic acids is 2. The summed E-state index contributed by atoms with van der Waals surface area (Å²) in [4.78, 5) is 25.1. The molecule has 8 nitrogen and oxygen atoms in total. The van der Waals surface area contributed by atoms with Crippen molar-refractivity contribution in [3.63, 3.8) is 0 Å². The molecular formula is C6H10N6O2. The molecule has 1 rings (SSSR count). The minimum absolute atomic E-state index is 0.00645. The summed E-state index contributed by atoms with van der Waals surface area (Å²) in [6, 6.07) is 0. The number of nitrogen functional groups attached to an aromatic ring is 1. The maximum Gasteiger partial charge on any atom is 0.288 e. The van der Waals surface area contributed by atoms with Crippen LogP contribution in [0.2, 0.25) is 0 Å². The molecule has 0 fully saturated rings. The SMILES string of the molecule is NC(=O)CCNC(=O)c1nc(N)n[nH]1. The molecule has 1 heterocycles. The van der Waals surface area contributed by atoms with Crippen LogP contribution in [0.15, 0.2) is 0 Å². The number of anilines is 1. The molecule has 0 radical (unpaired) electrons. The van der Waals surface area contributed by atoms with Gasteiger partial charge in [0.1, 0.15) is 0 Å². The number of H-pyrrole nitrogens is 1. The number of nitrogens with two attached hydrogens (primary N) is 2. The molecule has 0 saturated carbocycles. The van der Waals surface area contributed by atoms with Crippen LogP contribution in [-0.2, 0) is 4.79 Å². The number of hydrogen-bond donors (Lipinski definition) is 4. The van der Waals surface area contributed by atoms with Crippen molar-refractivity contribution in [3.8, 4) is 0 Å². The highest BCUT2D eigenvalue weighted by atomic mass is 16.2. The van der Waals surface area contributed by atoms with Crippen molar-refractivity contribution in [3.05, 3.63) is 5.82 Å². The Labute approximate surface area is 79.1 Å². The molecule has 1 aromatic heterocycles. The number of hydrogen-bond acceptors (Lipinski definition) is 5. The summed E-state index contributed by atoms with van der Waals surface area (Å²) in [5.74, 6) is -0.963. The first-order valence-electron chi connectivity index (χ1n) is 3.84. The van der Waals surface area contributed by atoms with E-state index in [4.69, 9.17) is 11.5 Å². The Balaban J connectivity index is 2.39. The lowest BCUT2D eigenvalue weighted by atomic mass is 10.4. The van der Waals surface area contributed by atoms with E-state index >= 15 is 0 Å². The first-order valence-corrected chi connectivity index (χ1v) is 3.84. The summed E-state index contributed by atoms with van der Waals surface area (Å²) in [7, 11) is 0. The number of nitrogens with one attached hydrogen (secondary N) is 2. The van der Waals surface area contributed by atoms with Gasteiger partial charge in [0, 0.05) is 13.0 Å². The van der Waals surface area contributed by atoms with Gasteiger partial charge in [0.2, 0.25) is 17.7 Å². The van der Waals surface area contributed by atoms with Gasteiger partial charge in [-0.3, -0.25) is 14.7 Å². The van der Waals surface area contributed by atoms with Gasteiger partial charge in [-0.05, 0) is 0 Å². The van der Waals surface area contributed by atoms with E-state index in [1.54, 1.807) is 0 Å². The lowest BCUT2D eigenvalue weighted by Crippen LogP contribution is -2.28. The van der Waals surface area contributed by atoms with Crippen molar-refractivity contribution in [2.75, 3.05) is 12.3 Å². The van der Waals surface area contributed by atoms with Crippen LogP contribution in [0.1, 0.15) is 17.0 Å². The van der Waals surface area contributed by atoms with Crippen LogP contribution in [0, 0.1) is 0 Å². The average Bonchev–Trinajstić information content (AvgIpc) is 2.51. The Morgan fingerprint density at radius 2 is 2.21 bits per heavy atom. The van der Waals surface area contributed by atoms with Gasteiger partial charge in [-0.2, -0.15) is 4.98 Å². The Morgan fingerprint density at radius 3 is 2.71 bits per heavy atom. The monoisotopic (exact) mass is 198 g/mol. The molecule has 76 valence electrons. The smallest absolute Gasteiger partial charge is 0.288 e. The van der Waals surface area contributed by atoms with E-state index in [1.165, 1.54) is 0 Å². The van der Waals surface area contributed by atoms with Crippen LogP contribution < -0.4 is 16.8 Å². The largest absolute Gasteiger partial charge is 0.370 e. The molecule has 0 bridgehead atoms. The molecule has 1 aromatic rings.